The maximum Gasteiger partial charge on any atom is 0.312 e. The first-order valence-corrected chi connectivity index (χ1v) is 9.12. The van der Waals surface area contributed by atoms with E-state index < -0.39 is 74.7 Å². The zero-order chi connectivity index (χ0) is 19.4. The van der Waals surface area contributed by atoms with Gasteiger partial charge in [-0.1, -0.05) is 6.58 Å². The highest BCUT2D eigenvalue weighted by atomic mass is 32.2. The number of alkyl halides is 5. The van der Waals surface area contributed by atoms with Gasteiger partial charge in [-0.15, -0.1) is 0 Å². The lowest BCUT2D eigenvalue weighted by atomic mass is 10.1. The van der Waals surface area contributed by atoms with Gasteiger partial charge in [0.05, 0.1) is 12.5 Å². The summed E-state index contributed by atoms with van der Waals surface area (Å²) in [6, 6.07) is 0. The third kappa shape index (κ3) is 3.46. The van der Waals surface area contributed by atoms with Crippen LogP contribution in [0.15, 0.2) is 34.5 Å². The Morgan fingerprint density at radius 1 is 1.36 bits per heavy atom. The van der Waals surface area contributed by atoms with E-state index in [9.17, 15) is 35.5 Å². The van der Waals surface area contributed by atoms with E-state index in [1.54, 1.807) is 0 Å². The summed E-state index contributed by atoms with van der Waals surface area (Å²) in [5.41, 5.74) is -1.73. The van der Waals surface area contributed by atoms with Crippen molar-refractivity contribution in [3.05, 3.63) is 34.5 Å². The minimum atomic E-state index is -4.29. The van der Waals surface area contributed by atoms with Crippen LogP contribution in [0.3, 0.4) is 0 Å². The van der Waals surface area contributed by atoms with Crippen LogP contribution in [0.5, 0.6) is 0 Å². The molecule has 4 nitrogen and oxygen atoms in total. The van der Waals surface area contributed by atoms with Crippen molar-refractivity contribution in [3.63, 3.8) is 0 Å². The molecule has 2 rings (SSSR count). The molecule has 0 aromatic carbocycles. The molecule has 2 aliphatic rings. The summed E-state index contributed by atoms with van der Waals surface area (Å²) in [6.07, 6.45) is -4.69. The second kappa shape index (κ2) is 6.08. The Morgan fingerprint density at radius 3 is 2.28 bits per heavy atom. The number of halogens is 5. The third-order valence-electron chi connectivity index (χ3n) is 4.30. The van der Waals surface area contributed by atoms with E-state index in [1.165, 1.54) is 0 Å². The predicted molar refractivity (Wildman–Crippen MR) is 79.6 cm³/mol. The number of aliphatic hydroxyl groups is 1. The first-order chi connectivity index (χ1) is 11.2. The molecule has 0 aliphatic heterocycles. The second-order valence-corrected chi connectivity index (χ2v) is 8.29. The van der Waals surface area contributed by atoms with E-state index >= 15 is 0 Å². The predicted octanol–water partition coefficient (Wildman–Crippen LogP) is 2.76. The lowest BCUT2D eigenvalue weighted by molar-refractivity contribution is -0.111. The van der Waals surface area contributed by atoms with Crippen LogP contribution in [0.1, 0.15) is 13.3 Å². The topological polar surface area (TPSA) is 63.6 Å². The molecule has 0 heterocycles. The van der Waals surface area contributed by atoms with Crippen molar-refractivity contribution >= 4 is 9.84 Å². The molecule has 0 aromatic rings. The van der Waals surface area contributed by atoms with Crippen LogP contribution < -0.4 is 0 Å². The maximum atomic E-state index is 14.3. The Balaban J connectivity index is 2.54. The fraction of sp³-hybridized carbons (Fsp3) is 0.600. The highest BCUT2D eigenvalue weighted by molar-refractivity contribution is 7.94. The fourth-order valence-electron chi connectivity index (χ4n) is 2.53. The molecule has 0 bridgehead atoms. The van der Waals surface area contributed by atoms with E-state index in [0.29, 0.717) is 6.26 Å². The Morgan fingerprint density at radius 2 is 1.88 bits per heavy atom. The van der Waals surface area contributed by atoms with E-state index in [4.69, 9.17) is 4.74 Å². The number of allylic oxidation sites excluding steroid dienone is 2. The highest BCUT2D eigenvalue weighted by Gasteiger charge is 2.61. The monoisotopic (exact) mass is 388 g/mol. The van der Waals surface area contributed by atoms with Gasteiger partial charge in [0.15, 0.2) is 16.0 Å². The van der Waals surface area contributed by atoms with Crippen molar-refractivity contribution < 1.29 is 40.2 Å². The van der Waals surface area contributed by atoms with Crippen LogP contribution in [0.25, 0.3) is 0 Å². The molecule has 1 N–H and O–H groups in total. The Labute approximate surface area is 141 Å². The molecule has 0 amide bonds. The van der Waals surface area contributed by atoms with Gasteiger partial charge in [0.25, 0.3) is 5.92 Å². The first-order valence-electron chi connectivity index (χ1n) is 7.23. The summed E-state index contributed by atoms with van der Waals surface area (Å²) in [7, 11) is -4.03. The third-order valence-corrected chi connectivity index (χ3v) is 5.63. The number of aliphatic hydroxyl groups excluding tert-OH is 1. The zero-order valence-electron chi connectivity index (χ0n) is 13.4. The van der Waals surface area contributed by atoms with Gasteiger partial charge in [-0.05, 0) is 13.0 Å². The summed E-state index contributed by atoms with van der Waals surface area (Å²) in [6.45, 7) is 3.64. The summed E-state index contributed by atoms with van der Waals surface area (Å²) in [4.78, 5) is -0.658. The molecule has 0 spiro atoms. The van der Waals surface area contributed by atoms with Gasteiger partial charge in [0.2, 0.25) is 0 Å². The number of hydrogen-bond donors (Lipinski definition) is 1. The average molecular weight is 388 g/mol. The first kappa shape index (κ1) is 19.9. The van der Waals surface area contributed by atoms with E-state index in [1.807, 2.05) is 0 Å². The molecule has 0 saturated heterocycles. The molecule has 2 fully saturated rings. The van der Waals surface area contributed by atoms with Gasteiger partial charge in [-0.25, -0.2) is 21.6 Å². The molecule has 2 aliphatic carbocycles. The fourth-order valence-corrected chi connectivity index (χ4v) is 3.16. The van der Waals surface area contributed by atoms with Crippen molar-refractivity contribution in [1.82, 2.24) is 0 Å². The highest BCUT2D eigenvalue weighted by Crippen LogP contribution is 2.50. The summed E-state index contributed by atoms with van der Waals surface area (Å²) in [5, 5.41) is 9.75. The Kier molecular flexibility index (Phi) is 4.84. The molecule has 2 saturated carbocycles. The summed E-state index contributed by atoms with van der Waals surface area (Å²) >= 11 is 0. The van der Waals surface area contributed by atoms with Crippen LogP contribution in [0, 0.1) is 5.92 Å². The molecule has 0 unspecified atom stereocenters. The van der Waals surface area contributed by atoms with Gasteiger partial charge >= 0.3 is 5.92 Å². The van der Waals surface area contributed by atoms with Crippen LogP contribution in [-0.2, 0) is 14.6 Å². The standard InChI is InChI=1S/C15H17F5O4S/c1-4-9(24-6-8-5-14(8,17)18)11-10(7(2)25(3,22)23)13(21)15(19,20)12(11)16/h4,8,12-13,21H,1,5-6H2,2-3H3/b10-7-,11-9-/t8-,12-,13+/m1/s1. The Hall–Kier alpha value is -1.42. The molecule has 3 atom stereocenters. The number of rotatable bonds is 5. The zero-order valence-corrected chi connectivity index (χ0v) is 14.2. The second-order valence-electron chi connectivity index (χ2n) is 6.14. The summed E-state index contributed by atoms with van der Waals surface area (Å²) < 4.78 is 96.3. The van der Waals surface area contributed by atoms with E-state index in [-0.39, 0.29) is 0 Å². The van der Waals surface area contributed by atoms with Crippen molar-refractivity contribution in [2.75, 3.05) is 12.9 Å². The number of hydrogen-bond acceptors (Lipinski definition) is 4. The molecular weight excluding hydrogens is 371 g/mol. The number of ether oxygens (including phenoxy) is 1. The molecule has 10 heteroatoms. The normalized spacial score (nSPS) is 34.5. The van der Waals surface area contributed by atoms with Crippen LogP contribution >= 0.6 is 0 Å². The van der Waals surface area contributed by atoms with Gasteiger partial charge in [-0.2, -0.15) is 8.78 Å². The smallest absolute Gasteiger partial charge is 0.312 e. The van der Waals surface area contributed by atoms with Crippen LogP contribution in [0.2, 0.25) is 0 Å². The van der Waals surface area contributed by atoms with E-state index in [0.717, 1.165) is 13.0 Å². The summed E-state index contributed by atoms with van der Waals surface area (Å²) in [5.74, 6) is -8.97. The van der Waals surface area contributed by atoms with Crippen molar-refractivity contribution in [2.45, 2.75) is 37.5 Å². The van der Waals surface area contributed by atoms with Gasteiger partial charge < -0.3 is 9.84 Å². The Bertz CT molecular complexity index is 754. The lowest BCUT2D eigenvalue weighted by Gasteiger charge is -2.15. The quantitative estimate of drug-likeness (QED) is 0.581. The maximum absolute atomic E-state index is 14.3. The molecule has 142 valence electrons. The van der Waals surface area contributed by atoms with E-state index in [2.05, 4.69) is 6.58 Å². The van der Waals surface area contributed by atoms with Crippen LogP contribution in [0.4, 0.5) is 22.0 Å². The van der Waals surface area contributed by atoms with Crippen molar-refractivity contribution in [2.24, 2.45) is 5.92 Å². The average Bonchev–Trinajstić information content (AvgIpc) is 3.05. The number of sulfone groups is 1. The minimum absolute atomic E-state index is 0.449. The van der Waals surface area contributed by atoms with Crippen LogP contribution in [-0.4, -0.2) is 50.5 Å². The molecular formula is C15H17F5O4S. The lowest BCUT2D eigenvalue weighted by Crippen LogP contribution is -2.35. The minimum Gasteiger partial charge on any atom is -0.493 e. The SMILES string of the molecule is C=C/C(OC[C@H]1CC1(F)F)=C1\C(=C(/C)S(C)(=O)=O)[C@H](O)C(F)(F)[C@@H]1F. The molecule has 0 aromatic heterocycles. The molecule has 25 heavy (non-hydrogen) atoms. The van der Waals surface area contributed by atoms with Gasteiger partial charge in [-0.3, -0.25) is 0 Å². The van der Waals surface area contributed by atoms with Crippen molar-refractivity contribution in [1.29, 1.82) is 0 Å². The van der Waals surface area contributed by atoms with Gasteiger partial charge in [0, 0.05) is 28.7 Å². The van der Waals surface area contributed by atoms with Gasteiger partial charge in [0.1, 0.15) is 11.9 Å². The van der Waals surface area contributed by atoms with Crippen molar-refractivity contribution in [3.8, 4) is 0 Å². The molecule has 0 radical (unpaired) electrons. The largest absolute Gasteiger partial charge is 0.493 e.